The lowest BCUT2D eigenvalue weighted by atomic mass is 9.88. The van der Waals surface area contributed by atoms with Crippen LogP contribution in [0.4, 0.5) is 0 Å². The maximum atomic E-state index is 11.5. The smallest absolute Gasteiger partial charge is 0.238 e. The Kier molecular flexibility index (Phi) is 2.73. The van der Waals surface area contributed by atoms with Gasteiger partial charge in [-0.15, -0.1) is 0 Å². The quantitative estimate of drug-likeness (QED) is 0.766. The lowest BCUT2D eigenvalue weighted by Gasteiger charge is -2.25. The molecule has 1 aliphatic heterocycles. The number of hydrogen-bond acceptors (Lipinski definition) is 2. The first-order chi connectivity index (χ1) is 7.23. The molecule has 1 aromatic carbocycles. The number of primary amides is 1. The lowest BCUT2D eigenvalue weighted by molar-refractivity contribution is -0.123. The highest BCUT2D eigenvalue weighted by molar-refractivity contribution is 5.85. The summed E-state index contributed by atoms with van der Waals surface area (Å²) in [6, 6.07) is 10.0. The van der Waals surface area contributed by atoms with Crippen LogP contribution in [0.1, 0.15) is 18.4 Å². The average Bonchev–Trinajstić information content (AvgIpc) is 2.69. The molecule has 0 bridgehead atoms. The number of amides is 1. The summed E-state index contributed by atoms with van der Waals surface area (Å²) in [5.41, 5.74) is 6.12. The van der Waals surface area contributed by atoms with Crippen LogP contribution in [0.25, 0.3) is 0 Å². The van der Waals surface area contributed by atoms with Crippen molar-refractivity contribution >= 4 is 5.91 Å². The third kappa shape index (κ3) is 2.02. The van der Waals surface area contributed by atoms with Crippen LogP contribution >= 0.6 is 0 Å². The Labute approximate surface area is 89.7 Å². The van der Waals surface area contributed by atoms with Crippen molar-refractivity contribution in [1.29, 1.82) is 0 Å². The maximum Gasteiger partial charge on any atom is 0.238 e. The van der Waals surface area contributed by atoms with E-state index < -0.39 is 5.54 Å². The van der Waals surface area contributed by atoms with Gasteiger partial charge in [0.2, 0.25) is 5.91 Å². The van der Waals surface area contributed by atoms with Gasteiger partial charge < -0.3 is 11.1 Å². The predicted molar refractivity (Wildman–Crippen MR) is 59.3 cm³/mol. The Morgan fingerprint density at radius 3 is 2.67 bits per heavy atom. The molecule has 15 heavy (non-hydrogen) atoms. The summed E-state index contributed by atoms with van der Waals surface area (Å²) in [4.78, 5) is 11.5. The van der Waals surface area contributed by atoms with E-state index in [9.17, 15) is 4.79 Å². The molecular formula is C12H16N2O. The van der Waals surface area contributed by atoms with Crippen molar-refractivity contribution in [2.75, 3.05) is 6.54 Å². The minimum absolute atomic E-state index is 0.233. The van der Waals surface area contributed by atoms with E-state index in [1.165, 1.54) is 0 Å². The Morgan fingerprint density at radius 1 is 1.40 bits per heavy atom. The third-order valence-electron chi connectivity index (χ3n) is 3.06. The van der Waals surface area contributed by atoms with Gasteiger partial charge >= 0.3 is 0 Å². The van der Waals surface area contributed by atoms with Crippen molar-refractivity contribution < 1.29 is 4.79 Å². The average molecular weight is 204 g/mol. The Morgan fingerprint density at radius 2 is 2.13 bits per heavy atom. The molecule has 1 fully saturated rings. The van der Waals surface area contributed by atoms with Gasteiger partial charge in [0.1, 0.15) is 5.54 Å². The number of rotatable bonds is 3. The van der Waals surface area contributed by atoms with Gasteiger partial charge in [0, 0.05) is 0 Å². The number of nitrogens with one attached hydrogen (secondary N) is 1. The van der Waals surface area contributed by atoms with Crippen molar-refractivity contribution in [3.63, 3.8) is 0 Å². The normalized spacial score (nSPS) is 25.3. The van der Waals surface area contributed by atoms with E-state index >= 15 is 0 Å². The first-order valence-corrected chi connectivity index (χ1v) is 5.32. The summed E-state index contributed by atoms with van der Waals surface area (Å²) in [6.45, 7) is 0.885. The second-order valence-electron chi connectivity index (χ2n) is 4.14. The van der Waals surface area contributed by atoms with Gasteiger partial charge in [-0.3, -0.25) is 4.79 Å². The summed E-state index contributed by atoms with van der Waals surface area (Å²) in [6.07, 6.45) is 2.57. The molecule has 0 aliphatic carbocycles. The SMILES string of the molecule is NC(=O)[C@]1(Cc2ccccc2)CCCN1. The standard InChI is InChI=1S/C12H16N2O/c13-11(15)12(7-4-8-14-12)9-10-5-2-1-3-6-10/h1-3,5-6,14H,4,7-9H2,(H2,13,15)/t12-/m1/s1. The van der Waals surface area contributed by atoms with Crippen molar-refractivity contribution in [1.82, 2.24) is 5.32 Å². The largest absolute Gasteiger partial charge is 0.368 e. The molecule has 1 aliphatic rings. The molecule has 3 N–H and O–H groups in total. The second kappa shape index (κ2) is 4.03. The second-order valence-corrected chi connectivity index (χ2v) is 4.14. The maximum absolute atomic E-state index is 11.5. The van der Waals surface area contributed by atoms with Gasteiger partial charge in [-0.05, 0) is 31.4 Å². The van der Waals surface area contributed by atoms with E-state index in [4.69, 9.17) is 5.73 Å². The first-order valence-electron chi connectivity index (χ1n) is 5.32. The summed E-state index contributed by atoms with van der Waals surface area (Å²) in [7, 11) is 0. The zero-order valence-corrected chi connectivity index (χ0v) is 8.70. The number of hydrogen-bond donors (Lipinski definition) is 2. The molecule has 1 aromatic rings. The van der Waals surface area contributed by atoms with E-state index in [0.29, 0.717) is 6.42 Å². The molecule has 2 rings (SSSR count). The van der Waals surface area contributed by atoms with Crippen molar-refractivity contribution in [2.45, 2.75) is 24.8 Å². The van der Waals surface area contributed by atoms with Crippen LogP contribution in [0.5, 0.6) is 0 Å². The fourth-order valence-corrected chi connectivity index (χ4v) is 2.20. The van der Waals surface area contributed by atoms with Gasteiger partial charge in [-0.2, -0.15) is 0 Å². The van der Waals surface area contributed by atoms with Gasteiger partial charge in [0.25, 0.3) is 0 Å². The fourth-order valence-electron chi connectivity index (χ4n) is 2.20. The summed E-state index contributed by atoms with van der Waals surface area (Å²) < 4.78 is 0. The molecule has 0 radical (unpaired) electrons. The van der Waals surface area contributed by atoms with Crippen molar-refractivity contribution in [3.8, 4) is 0 Å². The topological polar surface area (TPSA) is 55.1 Å². The van der Waals surface area contributed by atoms with E-state index in [-0.39, 0.29) is 5.91 Å². The molecule has 3 nitrogen and oxygen atoms in total. The van der Waals surface area contributed by atoms with E-state index in [2.05, 4.69) is 5.32 Å². The van der Waals surface area contributed by atoms with Crippen LogP contribution in [-0.4, -0.2) is 18.0 Å². The highest BCUT2D eigenvalue weighted by atomic mass is 16.1. The van der Waals surface area contributed by atoms with Crippen LogP contribution < -0.4 is 11.1 Å². The highest BCUT2D eigenvalue weighted by Crippen LogP contribution is 2.23. The fraction of sp³-hybridized carbons (Fsp3) is 0.417. The molecule has 1 saturated heterocycles. The molecule has 1 heterocycles. The monoisotopic (exact) mass is 204 g/mol. The van der Waals surface area contributed by atoms with Crippen LogP contribution in [0, 0.1) is 0 Å². The van der Waals surface area contributed by atoms with E-state index in [0.717, 1.165) is 24.9 Å². The molecule has 3 heteroatoms. The lowest BCUT2D eigenvalue weighted by Crippen LogP contribution is -2.53. The van der Waals surface area contributed by atoms with Crippen molar-refractivity contribution in [2.24, 2.45) is 5.73 Å². The number of carbonyl (C=O) groups excluding carboxylic acids is 1. The number of nitrogens with two attached hydrogens (primary N) is 1. The van der Waals surface area contributed by atoms with E-state index in [1.54, 1.807) is 0 Å². The van der Waals surface area contributed by atoms with Crippen LogP contribution in [0.15, 0.2) is 30.3 Å². The third-order valence-corrected chi connectivity index (χ3v) is 3.06. The minimum Gasteiger partial charge on any atom is -0.368 e. The molecule has 1 amide bonds. The van der Waals surface area contributed by atoms with Crippen LogP contribution in [0.3, 0.4) is 0 Å². The molecule has 0 spiro atoms. The van der Waals surface area contributed by atoms with Crippen LogP contribution in [-0.2, 0) is 11.2 Å². The number of benzene rings is 1. The van der Waals surface area contributed by atoms with Crippen LogP contribution in [0.2, 0.25) is 0 Å². The first kappa shape index (κ1) is 10.2. The molecule has 0 saturated carbocycles. The molecule has 0 aromatic heterocycles. The molecule has 80 valence electrons. The Balaban J connectivity index is 2.18. The summed E-state index contributed by atoms with van der Waals surface area (Å²) >= 11 is 0. The van der Waals surface area contributed by atoms with Crippen molar-refractivity contribution in [3.05, 3.63) is 35.9 Å². The van der Waals surface area contributed by atoms with Gasteiger partial charge in [0.05, 0.1) is 0 Å². The predicted octanol–water partition coefficient (Wildman–Crippen LogP) is 0.837. The molecule has 0 unspecified atom stereocenters. The van der Waals surface area contributed by atoms with Gasteiger partial charge in [-0.1, -0.05) is 30.3 Å². The highest BCUT2D eigenvalue weighted by Gasteiger charge is 2.39. The summed E-state index contributed by atoms with van der Waals surface area (Å²) in [5.74, 6) is -0.233. The molecular weight excluding hydrogens is 188 g/mol. The zero-order valence-electron chi connectivity index (χ0n) is 8.70. The minimum atomic E-state index is -0.513. The van der Waals surface area contributed by atoms with Gasteiger partial charge in [-0.25, -0.2) is 0 Å². The Hall–Kier alpha value is -1.35. The summed E-state index contributed by atoms with van der Waals surface area (Å²) in [5, 5.41) is 3.24. The number of carbonyl (C=O) groups is 1. The molecule has 1 atom stereocenters. The zero-order chi connectivity index (χ0) is 10.7. The van der Waals surface area contributed by atoms with Gasteiger partial charge in [0.15, 0.2) is 0 Å². The Bertz CT molecular complexity index is 342. The van der Waals surface area contributed by atoms with E-state index in [1.807, 2.05) is 30.3 Å².